The van der Waals surface area contributed by atoms with Crippen molar-refractivity contribution < 1.29 is 23.9 Å². The van der Waals surface area contributed by atoms with Crippen molar-refractivity contribution in [2.45, 2.75) is 32.7 Å². The molecule has 0 saturated carbocycles. The molecule has 0 spiro atoms. The minimum absolute atomic E-state index is 0.0205. The van der Waals surface area contributed by atoms with Crippen molar-refractivity contribution in [1.82, 2.24) is 10.2 Å². The van der Waals surface area contributed by atoms with E-state index in [9.17, 15) is 9.59 Å². The molecule has 1 aliphatic rings. The standard InChI is InChI=1S/C13H10O.C8H14N2O2.CH2O2.CH4S/c1-9-6-7-13-11(8-9)10-4-2-3-5-12(10)14-13;1-7-3-2-4-10(7)8(12)5-9-6-11;2-1-3;1-2/h2-8H,1H3;6-7H,2-5H2,1H3,(H,9,11);1H,(H,2,3);2H,1H3. The number of carbonyl (C=O) groups is 3. The Labute approximate surface area is 187 Å². The molecule has 1 aliphatic heterocycles. The van der Waals surface area contributed by atoms with Gasteiger partial charge < -0.3 is 19.7 Å². The first-order chi connectivity index (χ1) is 15.0. The van der Waals surface area contributed by atoms with Crippen LogP contribution in [0, 0.1) is 6.92 Å². The molecule has 168 valence electrons. The highest BCUT2D eigenvalue weighted by Crippen LogP contribution is 2.28. The first-order valence-corrected chi connectivity index (χ1v) is 10.8. The Kier molecular flexibility index (Phi) is 11.8. The molecule has 1 unspecified atom stereocenters. The van der Waals surface area contributed by atoms with Crippen LogP contribution >= 0.6 is 12.6 Å². The Morgan fingerprint density at radius 3 is 2.45 bits per heavy atom. The topological polar surface area (TPSA) is 99.9 Å². The van der Waals surface area contributed by atoms with Gasteiger partial charge in [-0.25, -0.2) is 0 Å². The molecule has 2 heterocycles. The zero-order valence-corrected chi connectivity index (χ0v) is 19.0. The molecule has 0 aliphatic carbocycles. The third kappa shape index (κ3) is 7.64. The molecule has 4 rings (SSSR count). The third-order valence-electron chi connectivity index (χ3n) is 4.74. The van der Waals surface area contributed by atoms with Crippen LogP contribution in [0.2, 0.25) is 0 Å². The van der Waals surface area contributed by atoms with Crippen LogP contribution in [0.4, 0.5) is 0 Å². The van der Waals surface area contributed by atoms with Gasteiger partial charge >= 0.3 is 0 Å². The summed E-state index contributed by atoms with van der Waals surface area (Å²) in [7, 11) is 0. The number of likely N-dealkylation sites (tertiary alicyclic amines) is 1. The lowest BCUT2D eigenvalue weighted by molar-refractivity contribution is -0.131. The number of hydrogen-bond donors (Lipinski definition) is 3. The molecule has 31 heavy (non-hydrogen) atoms. The normalized spacial score (nSPS) is 14.3. The Hall–Kier alpha value is -3.00. The summed E-state index contributed by atoms with van der Waals surface area (Å²) in [4.78, 5) is 31.4. The lowest BCUT2D eigenvalue weighted by Crippen LogP contribution is -2.39. The van der Waals surface area contributed by atoms with E-state index in [1.165, 1.54) is 16.3 Å². The maximum Gasteiger partial charge on any atom is 0.290 e. The van der Waals surface area contributed by atoms with Gasteiger partial charge in [0.1, 0.15) is 11.2 Å². The number of carbonyl (C=O) groups excluding carboxylic acids is 2. The molecule has 3 aromatic rings. The van der Waals surface area contributed by atoms with E-state index in [0.717, 1.165) is 30.6 Å². The smallest absolute Gasteiger partial charge is 0.290 e. The van der Waals surface area contributed by atoms with E-state index < -0.39 is 0 Å². The quantitative estimate of drug-likeness (QED) is 0.419. The Morgan fingerprint density at radius 2 is 1.84 bits per heavy atom. The predicted octanol–water partition coefficient (Wildman–Crippen LogP) is 3.88. The number of fused-ring (bicyclic) bond motifs is 3. The van der Waals surface area contributed by atoms with E-state index in [1.807, 2.05) is 36.1 Å². The SMILES string of the molecule is CC1CCCN1C(=O)CNC=O.CS.Cc1ccc2oc3ccccc3c2c1.O=CO. The van der Waals surface area contributed by atoms with Crippen molar-refractivity contribution >= 4 is 53.4 Å². The van der Waals surface area contributed by atoms with Crippen molar-refractivity contribution in [1.29, 1.82) is 0 Å². The average Bonchev–Trinajstić information content (AvgIpc) is 3.38. The van der Waals surface area contributed by atoms with Gasteiger partial charge in [-0.15, -0.1) is 0 Å². The molecule has 1 aromatic heterocycles. The molecule has 2 amide bonds. The minimum Gasteiger partial charge on any atom is -0.483 e. The molecule has 8 heteroatoms. The number of para-hydroxylation sites is 1. The second kappa shape index (κ2) is 14.1. The summed E-state index contributed by atoms with van der Waals surface area (Å²) in [5.74, 6) is 0.0205. The number of amides is 2. The van der Waals surface area contributed by atoms with E-state index in [0.29, 0.717) is 12.5 Å². The van der Waals surface area contributed by atoms with E-state index >= 15 is 0 Å². The van der Waals surface area contributed by atoms with Crippen molar-refractivity contribution in [3.8, 4) is 0 Å². The number of hydrogen-bond acceptors (Lipinski definition) is 5. The third-order valence-corrected chi connectivity index (χ3v) is 4.74. The van der Waals surface area contributed by atoms with Crippen molar-refractivity contribution in [2.24, 2.45) is 0 Å². The zero-order chi connectivity index (χ0) is 23.2. The largest absolute Gasteiger partial charge is 0.483 e. The van der Waals surface area contributed by atoms with Crippen LogP contribution in [0.15, 0.2) is 46.9 Å². The van der Waals surface area contributed by atoms with E-state index in [-0.39, 0.29) is 18.9 Å². The van der Waals surface area contributed by atoms with Gasteiger partial charge in [-0.3, -0.25) is 14.4 Å². The highest BCUT2D eigenvalue weighted by molar-refractivity contribution is 7.79. The van der Waals surface area contributed by atoms with Gasteiger partial charge in [-0.2, -0.15) is 12.6 Å². The number of rotatable bonds is 3. The first-order valence-electron chi connectivity index (χ1n) is 9.88. The molecular weight excluding hydrogens is 416 g/mol. The number of aryl methyl sites for hydroxylation is 1. The Bertz CT molecular complexity index is 973. The fraction of sp³-hybridized carbons (Fsp3) is 0.348. The van der Waals surface area contributed by atoms with E-state index in [1.54, 1.807) is 6.26 Å². The fourth-order valence-electron chi connectivity index (χ4n) is 3.37. The highest BCUT2D eigenvalue weighted by Gasteiger charge is 2.24. The van der Waals surface area contributed by atoms with Crippen LogP contribution in [0.1, 0.15) is 25.3 Å². The van der Waals surface area contributed by atoms with Crippen molar-refractivity contribution in [3.63, 3.8) is 0 Å². The maximum absolute atomic E-state index is 11.3. The monoisotopic (exact) mass is 446 g/mol. The lowest BCUT2D eigenvalue weighted by Gasteiger charge is -2.20. The average molecular weight is 447 g/mol. The summed E-state index contributed by atoms with van der Waals surface area (Å²) >= 11 is 3.53. The number of nitrogens with one attached hydrogen (secondary N) is 1. The number of thiol groups is 1. The molecule has 2 N–H and O–H groups in total. The molecule has 7 nitrogen and oxygen atoms in total. The molecule has 2 aromatic carbocycles. The predicted molar refractivity (Wildman–Crippen MR) is 127 cm³/mol. The summed E-state index contributed by atoms with van der Waals surface area (Å²) in [5, 5.41) is 11.7. The number of carboxylic acid groups (broad SMARTS) is 1. The molecule has 0 bridgehead atoms. The van der Waals surface area contributed by atoms with Gasteiger partial charge in [-0.05, 0) is 51.1 Å². The molecular formula is C23H30N2O5S. The Morgan fingerprint density at radius 1 is 1.19 bits per heavy atom. The second-order valence-electron chi connectivity index (χ2n) is 6.78. The van der Waals surface area contributed by atoms with Gasteiger partial charge in [0.2, 0.25) is 12.3 Å². The number of furan rings is 1. The van der Waals surface area contributed by atoms with Gasteiger partial charge in [-0.1, -0.05) is 29.8 Å². The first kappa shape index (κ1) is 26.0. The highest BCUT2D eigenvalue weighted by atomic mass is 32.1. The molecule has 1 fully saturated rings. The summed E-state index contributed by atoms with van der Waals surface area (Å²) in [6.07, 6.45) is 4.40. The molecule has 0 radical (unpaired) electrons. The number of nitrogens with zero attached hydrogens (tertiary/aromatic N) is 1. The van der Waals surface area contributed by atoms with E-state index in [2.05, 4.69) is 43.1 Å². The summed E-state index contributed by atoms with van der Waals surface area (Å²) < 4.78 is 5.71. The van der Waals surface area contributed by atoms with Crippen molar-refractivity contribution in [2.75, 3.05) is 19.3 Å². The van der Waals surface area contributed by atoms with Crippen LogP contribution in [-0.4, -0.2) is 54.2 Å². The van der Waals surface area contributed by atoms with Gasteiger partial charge in [0.05, 0.1) is 6.54 Å². The fourth-order valence-corrected chi connectivity index (χ4v) is 3.37. The molecule has 1 saturated heterocycles. The Balaban J connectivity index is 0.000000260. The van der Waals surface area contributed by atoms with Crippen LogP contribution in [-0.2, 0) is 14.4 Å². The van der Waals surface area contributed by atoms with Crippen LogP contribution < -0.4 is 5.32 Å². The van der Waals surface area contributed by atoms with Crippen LogP contribution in [0.3, 0.4) is 0 Å². The van der Waals surface area contributed by atoms with Crippen LogP contribution in [0.25, 0.3) is 21.9 Å². The lowest BCUT2D eigenvalue weighted by atomic mass is 10.1. The minimum atomic E-state index is -0.250. The zero-order valence-electron chi connectivity index (χ0n) is 18.1. The van der Waals surface area contributed by atoms with Crippen LogP contribution in [0.5, 0.6) is 0 Å². The summed E-state index contributed by atoms with van der Waals surface area (Å²) in [6, 6.07) is 14.8. The van der Waals surface area contributed by atoms with E-state index in [4.69, 9.17) is 14.3 Å². The summed E-state index contributed by atoms with van der Waals surface area (Å²) in [5.41, 5.74) is 3.20. The van der Waals surface area contributed by atoms with Gasteiger partial charge in [0.15, 0.2) is 0 Å². The summed E-state index contributed by atoms with van der Waals surface area (Å²) in [6.45, 7) is 4.85. The van der Waals surface area contributed by atoms with Crippen molar-refractivity contribution in [3.05, 3.63) is 48.0 Å². The maximum atomic E-state index is 11.3. The second-order valence-corrected chi connectivity index (χ2v) is 6.78. The van der Waals surface area contributed by atoms with Gasteiger partial charge in [0.25, 0.3) is 6.47 Å². The number of benzene rings is 2. The van der Waals surface area contributed by atoms with Gasteiger partial charge in [0, 0.05) is 23.4 Å². The molecule has 1 atom stereocenters.